The summed E-state index contributed by atoms with van der Waals surface area (Å²) in [7, 11) is -7.17. The molecule has 0 aliphatic carbocycles. The molecule has 8 heteroatoms. The lowest BCUT2D eigenvalue weighted by molar-refractivity contribution is 0.217. The number of hydrogen-bond donors (Lipinski definition) is 1. The first-order chi connectivity index (χ1) is 8.13. The van der Waals surface area contributed by atoms with Gasteiger partial charge in [-0.05, 0) is 31.1 Å². The van der Waals surface area contributed by atoms with Gasteiger partial charge >= 0.3 is 0 Å². The summed E-state index contributed by atoms with van der Waals surface area (Å²) in [5, 5.41) is 0. The van der Waals surface area contributed by atoms with Crippen molar-refractivity contribution in [3.05, 3.63) is 6.92 Å². The molecule has 0 bridgehead atoms. The van der Waals surface area contributed by atoms with Crippen LogP contribution in [0.15, 0.2) is 0 Å². The van der Waals surface area contributed by atoms with Gasteiger partial charge in [-0.25, -0.2) is 12.7 Å². The molecular formula is C10H20NO5S2. The largest absolute Gasteiger partial charge is 0.286 e. The fraction of sp³-hybridized carbons (Fsp3) is 0.900. The predicted octanol–water partition coefficient (Wildman–Crippen LogP) is 0.386. The van der Waals surface area contributed by atoms with Crippen LogP contribution in [0, 0.1) is 18.8 Å². The van der Waals surface area contributed by atoms with Crippen LogP contribution in [-0.4, -0.2) is 50.8 Å². The smallest absolute Gasteiger partial charge is 0.265 e. The molecule has 1 rings (SSSR count). The highest BCUT2D eigenvalue weighted by Gasteiger charge is 2.31. The molecule has 1 heterocycles. The lowest BCUT2D eigenvalue weighted by atomic mass is 9.84. The van der Waals surface area contributed by atoms with Crippen LogP contribution >= 0.6 is 0 Å². The number of sulfonamides is 1. The normalized spacial score (nSPS) is 21.9. The van der Waals surface area contributed by atoms with E-state index in [-0.39, 0.29) is 17.6 Å². The first kappa shape index (κ1) is 15.9. The van der Waals surface area contributed by atoms with Crippen LogP contribution in [0.4, 0.5) is 0 Å². The summed E-state index contributed by atoms with van der Waals surface area (Å²) in [6.07, 6.45) is 2.82. The van der Waals surface area contributed by atoms with E-state index < -0.39 is 20.1 Å². The van der Waals surface area contributed by atoms with Gasteiger partial charge in [0, 0.05) is 13.1 Å². The first-order valence-electron chi connectivity index (χ1n) is 5.83. The maximum Gasteiger partial charge on any atom is 0.265 e. The van der Waals surface area contributed by atoms with Crippen molar-refractivity contribution in [2.75, 3.05) is 25.1 Å². The zero-order valence-electron chi connectivity index (χ0n) is 10.4. The molecule has 1 aliphatic rings. The van der Waals surface area contributed by atoms with Gasteiger partial charge in [-0.1, -0.05) is 6.92 Å². The van der Waals surface area contributed by atoms with Crippen molar-refractivity contribution in [1.29, 1.82) is 0 Å². The molecule has 1 fully saturated rings. The molecule has 0 aromatic rings. The molecule has 1 N–H and O–H groups in total. The maximum atomic E-state index is 11.3. The molecule has 1 radical (unpaired) electrons. The minimum absolute atomic E-state index is 0.0995. The maximum absolute atomic E-state index is 11.3. The third-order valence-electron chi connectivity index (χ3n) is 3.43. The quantitative estimate of drug-likeness (QED) is 0.741. The highest BCUT2D eigenvalue weighted by Crippen LogP contribution is 2.29. The Morgan fingerprint density at radius 1 is 1.28 bits per heavy atom. The van der Waals surface area contributed by atoms with Crippen LogP contribution in [0.3, 0.4) is 0 Å². The van der Waals surface area contributed by atoms with Gasteiger partial charge in [0.05, 0.1) is 12.0 Å². The van der Waals surface area contributed by atoms with Crippen molar-refractivity contribution in [3.63, 3.8) is 0 Å². The molecule has 1 saturated heterocycles. The standard InChI is InChI=1S/C10H20NO5S2/c1-3-9(8-18(14,15)16)10-4-6-11(7-5-10)17(2,12)13/h9-10H,1,3-8H2,2H3,(H,14,15,16). The number of nitrogens with zero attached hydrogens (tertiary/aromatic N) is 1. The second-order valence-corrected chi connectivity index (χ2v) is 8.28. The molecule has 0 aromatic carbocycles. The molecule has 0 amide bonds. The van der Waals surface area contributed by atoms with Gasteiger partial charge in [0.15, 0.2) is 0 Å². The number of hydrogen-bond acceptors (Lipinski definition) is 4. The van der Waals surface area contributed by atoms with Gasteiger partial charge in [0.25, 0.3) is 10.1 Å². The second-order valence-electron chi connectivity index (χ2n) is 4.80. The molecule has 0 spiro atoms. The van der Waals surface area contributed by atoms with E-state index in [1.165, 1.54) is 10.6 Å². The zero-order valence-corrected chi connectivity index (χ0v) is 12.1. The van der Waals surface area contributed by atoms with Crippen molar-refractivity contribution < 1.29 is 21.4 Å². The van der Waals surface area contributed by atoms with Gasteiger partial charge in [0.2, 0.25) is 10.0 Å². The third kappa shape index (κ3) is 4.83. The van der Waals surface area contributed by atoms with E-state index in [0.29, 0.717) is 32.4 Å². The minimum Gasteiger partial charge on any atom is -0.286 e. The van der Waals surface area contributed by atoms with E-state index in [0.717, 1.165) is 0 Å². The van der Waals surface area contributed by atoms with Crippen LogP contribution in [0.25, 0.3) is 0 Å². The summed E-state index contributed by atoms with van der Waals surface area (Å²) < 4.78 is 54.7. The predicted molar refractivity (Wildman–Crippen MR) is 69.0 cm³/mol. The Balaban J connectivity index is 2.61. The van der Waals surface area contributed by atoms with Gasteiger partial charge in [-0.15, -0.1) is 0 Å². The third-order valence-corrected chi connectivity index (χ3v) is 5.58. The van der Waals surface area contributed by atoms with Crippen molar-refractivity contribution in [3.8, 4) is 0 Å². The molecule has 107 valence electrons. The Kier molecular flexibility index (Phi) is 5.16. The minimum atomic E-state index is -4.00. The Hall–Kier alpha value is -0.180. The fourth-order valence-corrected chi connectivity index (χ4v) is 4.26. The van der Waals surface area contributed by atoms with Gasteiger partial charge < -0.3 is 0 Å². The molecule has 1 aliphatic heterocycles. The summed E-state index contributed by atoms with van der Waals surface area (Å²) in [6, 6.07) is 0. The summed E-state index contributed by atoms with van der Waals surface area (Å²) in [4.78, 5) is 0. The molecule has 1 atom stereocenters. The van der Waals surface area contributed by atoms with Crippen LogP contribution in [0.2, 0.25) is 0 Å². The van der Waals surface area contributed by atoms with Crippen LogP contribution in [-0.2, 0) is 20.1 Å². The highest BCUT2D eigenvalue weighted by atomic mass is 32.2. The summed E-state index contributed by atoms with van der Waals surface area (Å²) in [5.41, 5.74) is 0. The van der Waals surface area contributed by atoms with Crippen molar-refractivity contribution >= 4 is 20.1 Å². The fourth-order valence-electron chi connectivity index (χ4n) is 2.40. The molecular weight excluding hydrogens is 278 g/mol. The molecule has 0 aromatic heterocycles. The SMILES string of the molecule is [CH2]CC(CS(=O)(=O)O)C1CCN(S(C)(=O)=O)CC1. The lowest BCUT2D eigenvalue weighted by Gasteiger charge is -2.34. The Morgan fingerprint density at radius 3 is 2.11 bits per heavy atom. The number of piperidine rings is 1. The first-order valence-corrected chi connectivity index (χ1v) is 9.28. The van der Waals surface area contributed by atoms with Crippen molar-refractivity contribution in [1.82, 2.24) is 4.31 Å². The van der Waals surface area contributed by atoms with Crippen LogP contribution in [0.5, 0.6) is 0 Å². The van der Waals surface area contributed by atoms with E-state index in [4.69, 9.17) is 4.55 Å². The van der Waals surface area contributed by atoms with Crippen molar-refractivity contribution in [2.45, 2.75) is 19.3 Å². The average molecular weight is 298 g/mol. The summed E-state index contributed by atoms with van der Waals surface area (Å²) >= 11 is 0. The Morgan fingerprint density at radius 2 is 1.78 bits per heavy atom. The second kappa shape index (κ2) is 5.85. The van der Waals surface area contributed by atoms with E-state index in [2.05, 4.69) is 6.92 Å². The molecule has 18 heavy (non-hydrogen) atoms. The van der Waals surface area contributed by atoms with Gasteiger partial charge in [0.1, 0.15) is 0 Å². The summed E-state index contributed by atoms with van der Waals surface area (Å²) in [6.45, 7) is 4.52. The van der Waals surface area contributed by atoms with E-state index in [9.17, 15) is 16.8 Å². The topological polar surface area (TPSA) is 91.8 Å². The lowest BCUT2D eigenvalue weighted by Crippen LogP contribution is -2.40. The summed E-state index contributed by atoms with van der Waals surface area (Å²) in [5.74, 6) is -0.399. The molecule has 1 unspecified atom stereocenters. The monoisotopic (exact) mass is 298 g/mol. The molecule has 0 saturated carbocycles. The van der Waals surface area contributed by atoms with Crippen LogP contribution in [0.1, 0.15) is 19.3 Å². The van der Waals surface area contributed by atoms with E-state index in [1.807, 2.05) is 0 Å². The average Bonchev–Trinajstić information content (AvgIpc) is 2.24. The number of rotatable bonds is 5. The van der Waals surface area contributed by atoms with Gasteiger partial charge in [-0.3, -0.25) is 4.55 Å². The highest BCUT2D eigenvalue weighted by molar-refractivity contribution is 7.88. The van der Waals surface area contributed by atoms with E-state index >= 15 is 0 Å². The van der Waals surface area contributed by atoms with Crippen molar-refractivity contribution in [2.24, 2.45) is 11.8 Å². The zero-order chi connectivity index (χ0) is 14.0. The molecule has 6 nitrogen and oxygen atoms in total. The van der Waals surface area contributed by atoms with E-state index in [1.54, 1.807) is 0 Å². The Bertz CT molecular complexity index is 462. The van der Waals surface area contributed by atoms with Crippen LogP contribution < -0.4 is 0 Å². The Labute approximate surface area is 109 Å². The van der Waals surface area contributed by atoms with Gasteiger partial charge in [-0.2, -0.15) is 8.42 Å².